The van der Waals surface area contributed by atoms with Gasteiger partial charge in [-0.1, -0.05) is 11.6 Å². The molecule has 1 aromatic heterocycles. The molecule has 0 saturated heterocycles. The summed E-state index contributed by atoms with van der Waals surface area (Å²) >= 11 is 5.78. The van der Waals surface area contributed by atoms with Gasteiger partial charge in [-0.2, -0.15) is 5.10 Å². The zero-order valence-electron chi connectivity index (χ0n) is 7.61. The molecule has 1 heterocycles. The Morgan fingerprint density at radius 1 is 1.36 bits per heavy atom. The van der Waals surface area contributed by atoms with Gasteiger partial charge in [0.1, 0.15) is 5.75 Å². The maximum Gasteiger partial charge on any atom is 0.134 e. The number of aryl methyl sites for hydroxylation is 1. The molecule has 1 N–H and O–H groups in total. The van der Waals surface area contributed by atoms with Gasteiger partial charge >= 0.3 is 0 Å². The molecular formula is C10H9ClN2O. The van der Waals surface area contributed by atoms with Crippen molar-refractivity contribution in [2.75, 3.05) is 0 Å². The minimum absolute atomic E-state index is 0.0827. The smallest absolute Gasteiger partial charge is 0.134 e. The molecule has 14 heavy (non-hydrogen) atoms. The predicted molar refractivity (Wildman–Crippen MR) is 55.0 cm³/mol. The lowest BCUT2D eigenvalue weighted by Crippen LogP contribution is -1.94. The number of aromatic nitrogens is 2. The van der Waals surface area contributed by atoms with Crippen LogP contribution < -0.4 is 0 Å². The van der Waals surface area contributed by atoms with Crippen molar-refractivity contribution >= 4 is 11.6 Å². The molecule has 0 atom stereocenters. The molecule has 2 rings (SSSR count). The van der Waals surface area contributed by atoms with E-state index in [1.807, 2.05) is 19.2 Å². The Morgan fingerprint density at radius 3 is 2.71 bits per heavy atom. The molecule has 0 amide bonds. The van der Waals surface area contributed by atoms with Crippen LogP contribution in [0.4, 0.5) is 0 Å². The Bertz CT molecular complexity index is 465. The van der Waals surface area contributed by atoms with Crippen molar-refractivity contribution in [1.29, 1.82) is 0 Å². The topological polar surface area (TPSA) is 38.0 Å². The molecule has 72 valence electrons. The number of phenols is 1. The van der Waals surface area contributed by atoms with Crippen LogP contribution in [0, 0.1) is 6.92 Å². The second kappa shape index (κ2) is 3.35. The molecule has 0 unspecified atom stereocenters. The van der Waals surface area contributed by atoms with Crippen molar-refractivity contribution in [3.05, 3.63) is 41.2 Å². The molecule has 2 aromatic rings. The van der Waals surface area contributed by atoms with Gasteiger partial charge in [0, 0.05) is 6.20 Å². The number of rotatable bonds is 1. The van der Waals surface area contributed by atoms with E-state index in [-0.39, 0.29) is 5.75 Å². The van der Waals surface area contributed by atoms with Crippen molar-refractivity contribution in [3.8, 4) is 11.4 Å². The third kappa shape index (κ3) is 1.59. The molecular weight excluding hydrogens is 200 g/mol. The summed E-state index contributed by atoms with van der Waals surface area (Å²) < 4.78 is 1.71. The van der Waals surface area contributed by atoms with E-state index in [9.17, 15) is 5.11 Å². The summed E-state index contributed by atoms with van der Waals surface area (Å²) in [7, 11) is 0. The van der Waals surface area contributed by atoms with E-state index >= 15 is 0 Å². The normalized spacial score (nSPS) is 10.4. The van der Waals surface area contributed by atoms with Gasteiger partial charge < -0.3 is 5.11 Å². The third-order valence-electron chi connectivity index (χ3n) is 1.92. The zero-order valence-corrected chi connectivity index (χ0v) is 8.36. The van der Waals surface area contributed by atoms with Crippen molar-refractivity contribution in [1.82, 2.24) is 9.78 Å². The molecule has 0 bridgehead atoms. The highest BCUT2D eigenvalue weighted by atomic mass is 35.5. The standard InChI is InChI=1S/C10H9ClN2O/c1-7-4-5-13(12-7)8-2-3-10(14)9(11)6-8/h2-6,14H,1H3. The Labute approximate surface area is 86.6 Å². The highest BCUT2D eigenvalue weighted by Gasteiger charge is 2.02. The van der Waals surface area contributed by atoms with Gasteiger partial charge in [0.2, 0.25) is 0 Å². The quantitative estimate of drug-likeness (QED) is 0.782. The number of halogens is 1. The van der Waals surface area contributed by atoms with E-state index in [0.717, 1.165) is 11.4 Å². The monoisotopic (exact) mass is 208 g/mol. The van der Waals surface area contributed by atoms with E-state index in [1.54, 1.807) is 22.9 Å². The molecule has 0 aliphatic rings. The number of phenolic OH excluding ortho intramolecular Hbond substituents is 1. The number of benzene rings is 1. The average molecular weight is 209 g/mol. The van der Waals surface area contributed by atoms with E-state index in [4.69, 9.17) is 11.6 Å². The second-order valence-electron chi connectivity index (χ2n) is 3.04. The summed E-state index contributed by atoms with van der Waals surface area (Å²) in [5.74, 6) is 0.0827. The van der Waals surface area contributed by atoms with Crippen molar-refractivity contribution in [2.24, 2.45) is 0 Å². The summed E-state index contributed by atoms with van der Waals surface area (Å²) in [6.45, 7) is 1.92. The van der Waals surface area contributed by atoms with Gasteiger partial charge in [-0.3, -0.25) is 0 Å². The lowest BCUT2D eigenvalue weighted by Gasteiger charge is -2.02. The molecule has 1 aromatic carbocycles. The van der Waals surface area contributed by atoms with Crippen molar-refractivity contribution in [3.63, 3.8) is 0 Å². The first-order valence-electron chi connectivity index (χ1n) is 4.18. The van der Waals surface area contributed by atoms with Crippen LogP contribution in [0.3, 0.4) is 0 Å². The summed E-state index contributed by atoms with van der Waals surface area (Å²) in [6, 6.07) is 6.88. The summed E-state index contributed by atoms with van der Waals surface area (Å²) in [4.78, 5) is 0. The maximum absolute atomic E-state index is 9.23. The molecule has 0 radical (unpaired) electrons. The summed E-state index contributed by atoms with van der Waals surface area (Å²) in [5, 5.41) is 13.8. The summed E-state index contributed by atoms with van der Waals surface area (Å²) in [5.41, 5.74) is 1.77. The SMILES string of the molecule is Cc1ccn(-c2ccc(O)c(Cl)c2)n1. The van der Waals surface area contributed by atoms with E-state index in [2.05, 4.69) is 5.10 Å². The molecule has 0 fully saturated rings. The fourth-order valence-electron chi connectivity index (χ4n) is 1.20. The van der Waals surface area contributed by atoms with Gasteiger partial charge in [0.15, 0.2) is 0 Å². The zero-order chi connectivity index (χ0) is 10.1. The second-order valence-corrected chi connectivity index (χ2v) is 3.44. The first-order chi connectivity index (χ1) is 6.66. The average Bonchev–Trinajstić information content (AvgIpc) is 2.57. The van der Waals surface area contributed by atoms with Crippen LogP contribution in [-0.4, -0.2) is 14.9 Å². The number of hydrogen-bond donors (Lipinski definition) is 1. The fraction of sp³-hybridized carbons (Fsp3) is 0.100. The molecule has 3 nitrogen and oxygen atoms in total. The van der Waals surface area contributed by atoms with Crippen LogP contribution in [0.15, 0.2) is 30.5 Å². The number of hydrogen-bond acceptors (Lipinski definition) is 2. The first-order valence-corrected chi connectivity index (χ1v) is 4.56. The Morgan fingerprint density at radius 2 is 2.14 bits per heavy atom. The van der Waals surface area contributed by atoms with Gasteiger partial charge in [0.05, 0.1) is 16.4 Å². The predicted octanol–water partition coefficient (Wildman–Crippen LogP) is 2.54. The molecule has 0 aliphatic heterocycles. The van der Waals surface area contributed by atoms with Crippen LogP contribution in [0.2, 0.25) is 5.02 Å². The molecule has 0 aliphatic carbocycles. The minimum atomic E-state index is 0.0827. The van der Waals surface area contributed by atoms with Crippen LogP contribution >= 0.6 is 11.6 Å². The lowest BCUT2D eigenvalue weighted by atomic mass is 10.3. The Kier molecular flexibility index (Phi) is 2.17. The Hall–Kier alpha value is -1.48. The van der Waals surface area contributed by atoms with Gasteiger partial charge in [-0.15, -0.1) is 0 Å². The van der Waals surface area contributed by atoms with E-state index < -0.39 is 0 Å². The largest absolute Gasteiger partial charge is 0.506 e. The molecule has 0 saturated carbocycles. The van der Waals surface area contributed by atoms with Gasteiger partial charge in [-0.05, 0) is 31.2 Å². The number of nitrogens with zero attached hydrogens (tertiary/aromatic N) is 2. The van der Waals surface area contributed by atoms with E-state index in [0.29, 0.717) is 5.02 Å². The number of aromatic hydroxyl groups is 1. The van der Waals surface area contributed by atoms with E-state index in [1.165, 1.54) is 0 Å². The highest BCUT2D eigenvalue weighted by molar-refractivity contribution is 6.32. The third-order valence-corrected chi connectivity index (χ3v) is 2.22. The van der Waals surface area contributed by atoms with Gasteiger partial charge in [0.25, 0.3) is 0 Å². The lowest BCUT2D eigenvalue weighted by molar-refractivity contribution is 0.475. The molecule has 4 heteroatoms. The maximum atomic E-state index is 9.23. The van der Waals surface area contributed by atoms with Crippen molar-refractivity contribution in [2.45, 2.75) is 6.92 Å². The molecule has 0 spiro atoms. The van der Waals surface area contributed by atoms with Crippen LogP contribution in [0.1, 0.15) is 5.69 Å². The van der Waals surface area contributed by atoms with Gasteiger partial charge in [-0.25, -0.2) is 4.68 Å². The first kappa shape index (κ1) is 9.09. The Balaban J connectivity index is 2.47. The van der Waals surface area contributed by atoms with Crippen LogP contribution in [-0.2, 0) is 0 Å². The highest BCUT2D eigenvalue weighted by Crippen LogP contribution is 2.25. The van der Waals surface area contributed by atoms with Crippen molar-refractivity contribution < 1.29 is 5.11 Å². The van der Waals surface area contributed by atoms with Crippen LogP contribution in [0.5, 0.6) is 5.75 Å². The fourth-order valence-corrected chi connectivity index (χ4v) is 1.37. The van der Waals surface area contributed by atoms with Crippen LogP contribution in [0.25, 0.3) is 5.69 Å². The minimum Gasteiger partial charge on any atom is -0.506 e. The summed E-state index contributed by atoms with van der Waals surface area (Å²) in [6.07, 6.45) is 1.85.